The fraction of sp³-hybridized carbons (Fsp3) is 0.364. The second kappa shape index (κ2) is 10.3. The van der Waals surface area contributed by atoms with E-state index in [2.05, 4.69) is 10.6 Å². The van der Waals surface area contributed by atoms with Gasteiger partial charge in [-0.1, -0.05) is 24.6 Å². The van der Waals surface area contributed by atoms with Crippen LogP contribution >= 0.6 is 0 Å². The summed E-state index contributed by atoms with van der Waals surface area (Å²) < 4.78 is 65.1. The van der Waals surface area contributed by atoms with Gasteiger partial charge in [-0.2, -0.15) is 17.5 Å². The van der Waals surface area contributed by atoms with E-state index in [1.807, 2.05) is 0 Å². The Morgan fingerprint density at radius 2 is 1.61 bits per heavy atom. The van der Waals surface area contributed by atoms with Crippen LogP contribution < -0.4 is 10.6 Å². The number of rotatable bonds is 6. The lowest BCUT2D eigenvalue weighted by atomic mass is 10.1. The number of piperidine rings is 1. The summed E-state index contributed by atoms with van der Waals surface area (Å²) in [5.41, 5.74) is -0.326. The molecule has 11 heteroatoms. The number of amides is 2. The smallest absolute Gasteiger partial charge is 0.347 e. The summed E-state index contributed by atoms with van der Waals surface area (Å²) in [7, 11) is -3.53. The summed E-state index contributed by atoms with van der Waals surface area (Å²) >= 11 is 0. The molecule has 1 heterocycles. The number of alkyl halides is 3. The van der Waals surface area contributed by atoms with E-state index in [9.17, 15) is 31.2 Å². The minimum Gasteiger partial charge on any atom is -0.347 e. The molecule has 3 rings (SSSR count). The highest BCUT2D eigenvalue weighted by atomic mass is 32.2. The van der Waals surface area contributed by atoms with Crippen molar-refractivity contribution >= 4 is 27.5 Å². The van der Waals surface area contributed by atoms with E-state index < -0.39 is 33.6 Å². The van der Waals surface area contributed by atoms with E-state index >= 15 is 0 Å². The molecule has 1 saturated heterocycles. The third-order valence-corrected chi connectivity index (χ3v) is 7.14. The average Bonchev–Trinajstić information content (AvgIpc) is 2.79. The van der Waals surface area contributed by atoms with E-state index in [-0.39, 0.29) is 17.1 Å². The molecule has 0 atom stereocenters. The summed E-state index contributed by atoms with van der Waals surface area (Å²) in [6, 6.07) is 10.3. The topological polar surface area (TPSA) is 95.6 Å². The number of hydrogen-bond donors (Lipinski definition) is 2. The molecule has 1 fully saturated rings. The van der Waals surface area contributed by atoms with Crippen LogP contribution in [-0.2, 0) is 32.2 Å². The monoisotopic (exact) mass is 483 g/mol. The fourth-order valence-corrected chi connectivity index (χ4v) is 4.96. The van der Waals surface area contributed by atoms with Crippen molar-refractivity contribution in [3.05, 3.63) is 59.7 Å². The van der Waals surface area contributed by atoms with E-state index in [0.29, 0.717) is 19.5 Å². The van der Waals surface area contributed by atoms with Crippen LogP contribution in [0.2, 0.25) is 0 Å². The molecule has 1 aliphatic rings. The van der Waals surface area contributed by atoms with Gasteiger partial charge in [0.15, 0.2) is 0 Å². The maximum absolute atomic E-state index is 12.7. The summed E-state index contributed by atoms with van der Waals surface area (Å²) in [4.78, 5) is 24.1. The van der Waals surface area contributed by atoms with Gasteiger partial charge in [-0.15, -0.1) is 0 Å². The number of hydrogen-bond acceptors (Lipinski definition) is 4. The molecule has 1 aliphatic heterocycles. The predicted molar refractivity (Wildman–Crippen MR) is 116 cm³/mol. The van der Waals surface area contributed by atoms with Crippen LogP contribution in [0.3, 0.4) is 0 Å². The zero-order valence-electron chi connectivity index (χ0n) is 17.7. The van der Waals surface area contributed by atoms with Gasteiger partial charge in [0.25, 0.3) is 0 Å². The second-order valence-corrected chi connectivity index (χ2v) is 9.59. The van der Waals surface area contributed by atoms with E-state index in [1.54, 1.807) is 12.1 Å². The minimum atomic E-state index is -4.56. The van der Waals surface area contributed by atoms with Crippen LogP contribution in [0.25, 0.3) is 0 Å². The molecule has 0 unspecified atom stereocenters. The van der Waals surface area contributed by atoms with Gasteiger partial charge in [0.05, 0.1) is 10.5 Å². The Hall–Kier alpha value is -2.92. The van der Waals surface area contributed by atoms with E-state index in [4.69, 9.17) is 0 Å². The van der Waals surface area contributed by atoms with Crippen molar-refractivity contribution in [1.29, 1.82) is 0 Å². The van der Waals surface area contributed by atoms with Crippen molar-refractivity contribution in [2.24, 2.45) is 0 Å². The van der Waals surface area contributed by atoms with Gasteiger partial charge in [-0.25, -0.2) is 8.42 Å². The normalized spacial score (nSPS) is 15.1. The Morgan fingerprint density at radius 3 is 2.24 bits per heavy atom. The van der Waals surface area contributed by atoms with Crippen LogP contribution in [0.5, 0.6) is 0 Å². The summed E-state index contributed by atoms with van der Waals surface area (Å²) in [6.45, 7) is 1.12. The Balaban J connectivity index is 1.50. The van der Waals surface area contributed by atoms with Gasteiger partial charge in [0.1, 0.15) is 0 Å². The molecule has 0 aliphatic carbocycles. The number of benzene rings is 2. The zero-order valence-corrected chi connectivity index (χ0v) is 18.5. The Bertz CT molecular complexity index is 1100. The summed E-state index contributed by atoms with van der Waals surface area (Å²) in [6.07, 6.45) is -1.51. The maximum Gasteiger partial charge on any atom is 0.416 e. The van der Waals surface area contributed by atoms with Crippen LogP contribution in [0.15, 0.2) is 53.4 Å². The van der Waals surface area contributed by atoms with Gasteiger partial charge in [-0.3, -0.25) is 9.59 Å². The van der Waals surface area contributed by atoms with Crippen LogP contribution in [0.4, 0.5) is 18.9 Å². The Morgan fingerprint density at radius 1 is 0.939 bits per heavy atom. The molecule has 2 N–H and O–H groups in total. The number of nitrogens with zero attached hydrogens (tertiary/aromatic N) is 1. The molecule has 2 aromatic rings. The molecule has 0 aromatic heterocycles. The first-order chi connectivity index (χ1) is 15.6. The third kappa shape index (κ3) is 6.55. The standard InChI is InChI=1S/C22H24F3N3O4S/c23-22(24,25)17-5-4-6-18(15-17)27-21(30)20(29)26-12-11-16-7-9-19(10-8-16)33(31,32)28-13-2-1-3-14-28/h4-10,15H,1-3,11-14H2,(H,26,29)(H,27,30). The van der Waals surface area contributed by atoms with Crippen molar-refractivity contribution in [2.75, 3.05) is 25.0 Å². The van der Waals surface area contributed by atoms with Gasteiger partial charge in [0.2, 0.25) is 10.0 Å². The Kier molecular flexibility index (Phi) is 7.75. The van der Waals surface area contributed by atoms with Crippen molar-refractivity contribution in [3.8, 4) is 0 Å². The van der Waals surface area contributed by atoms with Crippen LogP contribution in [0, 0.1) is 0 Å². The molecular formula is C22H24F3N3O4S. The van der Waals surface area contributed by atoms with Crippen LogP contribution in [0.1, 0.15) is 30.4 Å². The van der Waals surface area contributed by atoms with Crippen molar-refractivity contribution in [1.82, 2.24) is 9.62 Å². The predicted octanol–water partition coefficient (Wildman–Crippen LogP) is 3.18. The van der Waals surface area contributed by atoms with Gasteiger partial charge in [-0.05, 0) is 55.2 Å². The molecule has 178 valence electrons. The lowest BCUT2D eigenvalue weighted by Crippen LogP contribution is -2.36. The highest BCUT2D eigenvalue weighted by Gasteiger charge is 2.30. The molecule has 0 radical (unpaired) electrons. The number of nitrogens with one attached hydrogen (secondary N) is 2. The lowest BCUT2D eigenvalue weighted by Gasteiger charge is -2.25. The molecule has 0 saturated carbocycles. The molecule has 0 bridgehead atoms. The summed E-state index contributed by atoms with van der Waals surface area (Å²) in [5, 5.41) is 4.53. The molecular weight excluding hydrogens is 459 g/mol. The number of halogens is 3. The maximum atomic E-state index is 12.7. The zero-order chi connectivity index (χ0) is 24.1. The van der Waals surface area contributed by atoms with Crippen LogP contribution in [-0.4, -0.2) is 44.2 Å². The van der Waals surface area contributed by atoms with Gasteiger partial charge in [0, 0.05) is 25.3 Å². The fourth-order valence-electron chi connectivity index (χ4n) is 3.44. The molecule has 33 heavy (non-hydrogen) atoms. The van der Waals surface area contributed by atoms with Crippen molar-refractivity contribution < 1.29 is 31.2 Å². The summed E-state index contributed by atoms with van der Waals surface area (Å²) in [5.74, 6) is -2.07. The molecule has 2 amide bonds. The number of anilines is 1. The second-order valence-electron chi connectivity index (χ2n) is 7.65. The average molecular weight is 484 g/mol. The van der Waals surface area contributed by atoms with E-state index in [0.717, 1.165) is 43.0 Å². The number of carbonyl (C=O) groups excluding carboxylic acids is 2. The largest absolute Gasteiger partial charge is 0.416 e. The minimum absolute atomic E-state index is 0.0903. The highest BCUT2D eigenvalue weighted by molar-refractivity contribution is 7.89. The Labute approximate surface area is 190 Å². The first-order valence-corrected chi connectivity index (χ1v) is 11.9. The van der Waals surface area contributed by atoms with Crippen molar-refractivity contribution in [3.63, 3.8) is 0 Å². The molecule has 0 spiro atoms. The SMILES string of the molecule is O=C(NCCc1ccc(S(=O)(=O)N2CCCCC2)cc1)C(=O)Nc1cccc(C(F)(F)F)c1. The van der Waals surface area contributed by atoms with Gasteiger partial charge >= 0.3 is 18.0 Å². The number of sulfonamides is 1. The number of carbonyl (C=O) groups is 2. The lowest BCUT2D eigenvalue weighted by molar-refractivity contribution is -0.137. The van der Waals surface area contributed by atoms with E-state index in [1.165, 1.54) is 22.5 Å². The highest BCUT2D eigenvalue weighted by Crippen LogP contribution is 2.30. The first kappa shape index (κ1) is 24.7. The van der Waals surface area contributed by atoms with Crippen molar-refractivity contribution in [2.45, 2.75) is 36.8 Å². The molecule has 2 aromatic carbocycles. The first-order valence-electron chi connectivity index (χ1n) is 10.4. The third-order valence-electron chi connectivity index (χ3n) is 5.23. The molecule has 7 nitrogen and oxygen atoms in total. The van der Waals surface area contributed by atoms with Gasteiger partial charge < -0.3 is 10.6 Å². The quantitative estimate of drug-likeness (QED) is 0.617.